The molecule has 0 saturated carbocycles. The molecular weight excluding hydrogens is 188 g/mol. The molecule has 1 aliphatic rings. The van der Waals surface area contributed by atoms with Gasteiger partial charge in [-0.05, 0) is 12.8 Å². The van der Waals surface area contributed by atoms with Gasteiger partial charge in [-0.2, -0.15) is 0 Å². The van der Waals surface area contributed by atoms with Crippen molar-refractivity contribution in [1.82, 2.24) is 14.5 Å². The summed E-state index contributed by atoms with van der Waals surface area (Å²) in [6.45, 7) is 8.45. The number of likely N-dealkylation sites (tertiary alicyclic amines) is 1. The molecule has 4 nitrogen and oxygen atoms in total. The summed E-state index contributed by atoms with van der Waals surface area (Å²) in [5.41, 5.74) is 7.29. The number of hydrogen-bond acceptors (Lipinski definition) is 3. The molecule has 15 heavy (non-hydrogen) atoms. The summed E-state index contributed by atoms with van der Waals surface area (Å²) in [5, 5.41) is 0. The van der Waals surface area contributed by atoms with E-state index in [0.717, 1.165) is 26.2 Å². The first-order valence-electron chi connectivity index (χ1n) is 5.67. The minimum Gasteiger partial charge on any atom is -0.334 e. The average Bonchev–Trinajstić information content (AvgIpc) is 2.75. The van der Waals surface area contributed by atoms with Crippen LogP contribution in [-0.4, -0.2) is 33.6 Å². The van der Waals surface area contributed by atoms with Crippen LogP contribution in [0.4, 0.5) is 0 Å². The van der Waals surface area contributed by atoms with Gasteiger partial charge < -0.3 is 10.3 Å². The van der Waals surface area contributed by atoms with Gasteiger partial charge in [0.1, 0.15) is 0 Å². The van der Waals surface area contributed by atoms with Crippen LogP contribution in [0.15, 0.2) is 12.5 Å². The van der Waals surface area contributed by atoms with Crippen molar-refractivity contribution in [2.24, 2.45) is 11.7 Å². The number of rotatable bonds is 3. The highest BCUT2D eigenvalue weighted by molar-refractivity contribution is 4.99. The molecule has 0 aromatic carbocycles. The van der Waals surface area contributed by atoms with Gasteiger partial charge in [-0.15, -0.1) is 0 Å². The lowest BCUT2D eigenvalue weighted by Gasteiger charge is -2.15. The average molecular weight is 208 g/mol. The zero-order chi connectivity index (χ0) is 10.8. The normalized spacial score (nSPS) is 27.4. The molecule has 0 aliphatic carbocycles. The first-order valence-corrected chi connectivity index (χ1v) is 5.67. The van der Waals surface area contributed by atoms with Crippen LogP contribution in [0.5, 0.6) is 0 Å². The van der Waals surface area contributed by atoms with E-state index in [2.05, 4.69) is 28.3 Å². The van der Waals surface area contributed by atoms with E-state index in [4.69, 9.17) is 5.73 Å². The van der Waals surface area contributed by atoms with E-state index >= 15 is 0 Å². The molecule has 1 aromatic heterocycles. The van der Waals surface area contributed by atoms with Gasteiger partial charge in [0.15, 0.2) is 0 Å². The molecule has 1 saturated heterocycles. The maximum absolute atomic E-state index is 6.00. The largest absolute Gasteiger partial charge is 0.334 e. The lowest BCUT2D eigenvalue weighted by molar-refractivity contribution is 0.310. The molecule has 0 radical (unpaired) electrons. The first kappa shape index (κ1) is 10.6. The summed E-state index contributed by atoms with van der Waals surface area (Å²) < 4.78 is 2.19. The summed E-state index contributed by atoms with van der Waals surface area (Å²) in [7, 11) is 0. The molecule has 2 rings (SSSR count). The number of hydrogen-bond donors (Lipinski definition) is 1. The standard InChI is InChI=1S/C11H20N4/c1-3-15-8-13-4-10(15)6-14-5-9(2)11(12)7-14/h4,8-9,11H,3,5-7,12H2,1-2H3. The lowest BCUT2D eigenvalue weighted by atomic mass is 10.1. The van der Waals surface area contributed by atoms with Gasteiger partial charge in [-0.25, -0.2) is 4.98 Å². The summed E-state index contributed by atoms with van der Waals surface area (Å²) in [5.74, 6) is 0.614. The molecule has 1 aromatic rings. The fourth-order valence-corrected chi connectivity index (χ4v) is 2.22. The van der Waals surface area contributed by atoms with Crippen molar-refractivity contribution in [2.45, 2.75) is 33.0 Å². The molecule has 1 aliphatic heterocycles. The molecule has 2 heterocycles. The summed E-state index contributed by atoms with van der Waals surface area (Å²) in [6, 6.07) is 0.336. The third kappa shape index (κ3) is 2.21. The van der Waals surface area contributed by atoms with Crippen molar-refractivity contribution in [3.05, 3.63) is 18.2 Å². The molecule has 0 spiro atoms. The highest BCUT2D eigenvalue weighted by Gasteiger charge is 2.26. The van der Waals surface area contributed by atoms with Gasteiger partial charge in [-0.1, -0.05) is 6.92 Å². The second-order valence-corrected chi connectivity index (χ2v) is 4.51. The van der Waals surface area contributed by atoms with Crippen LogP contribution < -0.4 is 5.73 Å². The molecule has 2 unspecified atom stereocenters. The topological polar surface area (TPSA) is 47.1 Å². The van der Waals surface area contributed by atoms with E-state index in [1.165, 1.54) is 5.69 Å². The Bertz CT molecular complexity index is 310. The molecule has 84 valence electrons. The second kappa shape index (κ2) is 4.33. The monoisotopic (exact) mass is 208 g/mol. The maximum atomic E-state index is 6.00. The Balaban J connectivity index is 1.98. The molecule has 1 fully saturated rings. The van der Waals surface area contributed by atoms with Crippen LogP contribution in [-0.2, 0) is 13.1 Å². The summed E-state index contributed by atoms with van der Waals surface area (Å²) in [6.07, 6.45) is 3.85. The fourth-order valence-electron chi connectivity index (χ4n) is 2.22. The molecule has 0 bridgehead atoms. The van der Waals surface area contributed by atoms with E-state index in [-0.39, 0.29) is 0 Å². The van der Waals surface area contributed by atoms with Gasteiger partial charge in [0, 0.05) is 38.4 Å². The SMILES string of the molecule is CCn1cncc1CN1CC(C)C(N)C1. The fraction of sp³-hybridized carbons (Fsp3) is 0.727. The van der Waals surface area contributed by atoms with Crippen molar-refractivity contribution in [2.75, 3.05) is 13.1 Å². The number of nitrogens with zero attached hydrogens (tertiary/aromatic N) is 3. The zero-order valence-electron chi connectivity index (χ0n) is 9.56. The van der Waals surface area contributed by atoms with E-state index in [9.17, 15) is 0 Å². The van der Waals surface area contributed by atoms with E-state index in [0.29, 0.717) is 12.0 Å². The Labute approximate surface area is 91.1 Å². The highest BCUT2D eigenvalue weighted by Crippen LogP contribution is 2.17. The number of aryl methyl sites for hydroxylation is 1. The predicted octanol–water partition coefficient (Wildman–Crippen LogP) is 0.682. The number of imidazole rings is 1. The zero-order valence-corrected chi connectivity index (χ0v) is 9.56. The molecule has 2 N–H and O–H groups in total. The Morgan fingerprint density at radius 3 is 2.93 bits per heavy atom. The van der Waals surface area contributed by atoms with Crippen LogP contribution in [0.25, 0.3) is 0 Å². The maximum Gasteiger partial charge on any atom is 0.0948 e. The quantitative estimate of drug-likeness (QED) is 0.794. The summed E-state index contributed by atoms with van der Waals surface area (Å²) in [4.78, 5) is 6.59. The highest BCUT2D eigenvalue weighted by atomic mass is 15.2. The number of aromatic nitrogens is 2. The van der Waals surface area contributed by atoms with Crippen molar-refractivity contribution < 1.29 is 0 Å². The lowest BCUT2D eigenvalue weighted by Crippen LogP contribution is -2.28. The summed E-state index contributed by atoms with van der Waals surface area (Å²) >= 11 is 0. The predicted molar refractivity (Wildman–Crippen MR) is 60.3 cm³/mol. The van der Waals surface area contributed by atoms with E-state index in [1.54, 1.807) is 0 Å². The second-order valence-electron chi connectivity index (χ2n) is 4.51. The van der Waals surface area contributed by atoms with Crippen LogP contribution >= 0.6 is 0 Å². The van der Waals surface area contributed by atoms with Gasteiger partial charge in [0.05, 0.1) is 12.0 Å². The van der Waals surface area contributed by atoms with Crippen molar-refractivity contribution in [3.8, 4) is 0 Å². The third-order valence-electron chi connectivity index (χ3n) is 3.27. The number of nitrogens with two attached hydrogens (primary N) is 1. The Kier molecular flexibility index (Phi) is 3.07. The molecule has 0 amide bonds. The van der Waals surface area contributed by atoms with Crippen molar-refractivity contribution in [1.29, 1.82) is 0 Å². The van der Waals surface area contributed by atoms with Gasteiger partial charge in [0.2, 0.25) is 0 Å². The molecular formula is C11H20N4. The van der Waals surface area contributed by atoms with Crippen LogP contribution in [0.3, 0.4) is 0 Å². The van der Waals surface area contributed by atoms with Crippen LogP contribution in [0.1, 0.15) is 19.5 Å². The van der Waals surface area contributed by atoms with Crippen molar-refractivity contribution >= 4 is 0 Å². The van der Waals surface area contributed by atoms with Gasteiger partial charge in [-0.3, -0.25) is 4.90 Å². The van der Waals surface area contributed by atoms with Crippen LogP contribution in [0, 0.1) is 5.92 Å². The third-order valence-corrected chi connectivity index (χ3v) is 3.27. The van der Waals surface area contributed by atoms with Gasteiger partial charge >= 0.3 is 0 Å². The Hall–Kier alpha value is -0.870. The van der Waals surface area contributed by atoms with Crippen LogP contribution in [0.2, 0.25) is 0 Å². The molecule has 4 heteroatoms. The Morgan fingerprint density at radius 2 is 2.33 bits per heavy atom. The smallest absolute Gasteiger partial charge is 0.0948 e. The minimum atomic E-state index is 0.336. The van der Waals surface area contributed by atoms with E-state index < -0.39 is 0 Å². The van der Waals surface area contributed by atoms with Crippen molar-refractivity contribution in [3.63, 3.8) is 0 Å². The Morgan fingerprint density at radius 1 is 1.53 bits per heavy atom. The minimum absolute atomic E-state index is 0.336. The first-order chi connectivity index (χ1) is 7.20. The van der Waals surface area contributed by atoms with E-state index in [1.807, 2.05) is 12.5 Å². The van der Waals surface area contributed by atoms with Gasteiger partial charge in [0.25, 0.3) is 0 Å². The molecule has 2 atom stereocenters.